The first-order valence-electron chi connectivity index (χ1n) is 23.6. The molecule has 2 nitrogen and oxygen atoms in total. The van der Waals surface area contributed by atoms with Gasteiger partial charge in [0.05, 0.1) is 32.3 Å². The van der Waals surface area contributed by atoms with Gasteiger partial charge >= 0.3 is 0 Å². The molecule has 0 unspecified atom stereocenters. The van der Waals surface area contributed by atoms with Gasteiger partial charge in [-0.05, 0) is 106 Å². The summed E-state index contributed by atoms with van der Waals surface area (Å²) in [6.45, 7) is 33.8. The van der Waals surface area contributed by atoms with Crippen LogP contribution in [0.1, 0.15) is 36.1 Å². The van der Waals surface area contributed by atoms with Gasteiger partial charge in [-0.2, -0.15) is 0 Å². The van der Waals surface area contributed by atoms with Gasteiger partial charge in [-0.15, -0.1) is 0 Å². The Morgan fingerprint density at radius 1 is 0.308 bits per heavy atom. The lowest BCUT2D eigenvalue weighted by molar-refractivity contribution is 0.660. The lowest BCUT2D eigenvalue weighted by Gasteiger charge is -2.29. The summed E-state index contributed by atoms with van der Waals surface area (Å²) in [6.07, 6.45) is 4.53. The topological polar surface area (TPSA) is 6.48 Å². The van der Waals surface area contributed by atoms with Crippen molar-refractivity contribution >= 4 is 99.3 Å². The van der Waals surface area contributed by atoms with Crippen LogP contribution in [0.25, 0.3) is 23.3 Å². The van der Waals surface area contributed by atoms with Gasteiger partial charge in [0.25, 0.3) is 0 Å². The summed E-state index contributed by atoms with van der Waals surface area (Å²) >= 11 is 0. The molecule has 0 aliphatic heterocycles. The van der Waals surface area contributed by atoms with E-state index in [0.717, 1.165) is 5.69 Å². The zero-order valence-electron chi connectivity index (χ0n) is 41.6. The maximum Gasteiger partial charge on any atom is 0.0775 e. The van der Waals surface area contributed by atoms with Crippen molar-refractivity contribution in [2.24, 2.45) is 0 Å². The van der Waals surface area contributed by atoms with Crippen molar-refractivity contribution in [1.82, 2.24) is 0 Å². The molecular formula is C59H70N2Si4. The molecule has 7 aromatic rings. The third-order valence-corrected chi connectivity index (χ3v) is 21.8. The predicted molar refractivity (Wildman–Crippen MR) is 301 cm³/mol. The fourth-order valence-electron chi connectivity index (χ4n) is 9.25. The summed E-state index contributed by atoms with van der Waals surface area (Å²) in [6, 6.07) is 60.5. The molecule has 0 aromatic heterocycles. The maximum absolute atomic E-state index is 2.45. The van der Waals surface area contributed by atoms with Crippen molar-refractivity contribution in [3.63, 3.8) is 0 Å². The van der Waals surface area contributed by atoms with Gasteiger partial charge < -0.3 is 9.80 Å². The van der Waals surface area contributed by atoms with Crippen LogP contribution in [0.15, 0.2) is 158 Å². The average Bonchev–Trinajstić information content (AvgIpc) is 3.47. The smallest absolute Gasteiger partial charge is 0.0775 e. The van der Waals surface area contributed by atoms with Gasteiger partial charge in [0, 0.05) is 39.5 Å². The number of anilines is 6. The Balaban J connectivity index is 1.08. The van der Waals surface area contributed by atoms with Crippen molar-refractivity contribution in [2.45, 2.75) is 97.8 Å². The van der Waals surface area contributed by atoms with Crippen molar-refractivity contribution < 1.29 is 0 Å². The Morgan fingerprint density at radius 2 is 0.569 bits per heavy atom. The van der Waals surface area contributed by atoms with Crippen LogP contribution in [0.3, 0.4) is 0 Å². The monoisotopic (exact) mass is 918 g/mol. The zero-order chi connectivity index (χ0) is 46.7. The SMILES string of the molecule is CC1(C)c2cc(/C=C/c3ccc(N(c4ccc([Si](C)(C)C)cc4)c4ccc([Si](C)(C)C)cc4)cc3)ccc2-c2ccc(N(c3ccc([Si](C)(C)C)cc3)c3ccc([Si](C)(C)C)cc3)cc21. The molecule has 0 amide bonds. The molecule has 1 aliphatic carbocycles. The minimum atomic E-state index is -1.44. The molecule has 0 bridgehead atoms. The van der Waals surface area contributed by atoms with E-state index in [-0.39, 0.29) is 5.41 Å². The Bertz CT molecular complexity index is 2710. The number of fused-ring (bicyclic) bond motifs is 3. The van der Waals surface area contributed by atoms with Crippen LogP contribution >= 0.6 is 0 Å². The van der Waals surface area contributed by atoms with Gasteiger partial charge in [-0.1, -0.05) is 210 Å². The maximum atomic E-state index is 2.45. The highest BCUT2D eigenvalue weighted by Gasteiger charge is 2.36. The van der Waals surface area contributed by atoms with E-state index in [1.165, 1.54) is 82.6 Å². The molecule has 0 saturated heterocycles. The fraction of sp³-hybridized carbons (Fsp3) is 0.254. The number of benzene rings is 7. The zero-order valence-corrected chi connectivity index (χ0v) is 45.6. The van der Waals surface area contributed by atoms with E-state index in [9.17, 15) is 0 Å². The third kappa shape index (κ3) is 9.69. The Morgan fingerprint density at radius 3 is 0.923 bits per heavy atom. The molecule has 65 heavy (non-hydrogen) atoms. The molecule has 0 atom stereocenters. The van der Waals surface area contributed by atoms with Crippen molar-refractivity contribution in [2.75, 3.05) is 9.80 Å². The van der Waals surface area contributed by atoms with E-state index in [1.54, 1.807) is 0 Å². The second kappa shape index (κ2) is 17.2. The molecule has 0 heterocycles. The molecule has 0 spiro atoms. The van der Waals surface area contributed by atoms with Crippen LogP contribution in [0.2, 0.25) is 78.6 Å². The van der Waals surface area contributed by atoms with Gasteiger partial charge in [0.2, 0.25) is 0 Å². The molecule has 8 rings (SSSR count). The molecule has 6 heteroatoms. The Kier molecular flexibility index (Phi) is 12.2. The number of hydrogen-bond acceptors (Lipinski definition) is 2. The number of nitrogens with zero attached hydrogens (tertiary/aromatic N) is 2. The van der Waals surface area contributed by atoms with Crippen LogP contribution < -0.4 is 30.5 Å². The first-order valence-corrected chi connectivity index (χ1v) is 37.6. The van der Waals surface area contributed by atoms with Gasteiger partial charge in [-0.25, -0.2) is 0 Å². The summed E-state index contributed by atoms with van der Waals surface area (Å²) < 4.78 is 0. The highest BCUT2D eigenvalue weighted by atomic mass is 28.3. The van der Waals surface area contributed by atoms with E-state index in [4.69, 9.17) is 0 Å². The van der Waals surface area contributed by atoms with E-state index in [2.05, 4.69) is 272 Å². The van der Waals surface area contributed by atoms with Crippen LogP contribution in [-0.2, 0) is 5.41 Å². The number of rotatable bonds is 12. The van der Waals surface area contributed by atoms with E-state index >= 15 is 0 Å². The first-order chi connectivity index (χ1) is 30.5. The van der Waals surface area contributed by atoms with Crippen molar-refractivity contribution in [1.29, 1.82) is 0 Å². The molecule has 7 aromatic carbocycles. The Hall–Kier alpha value is -5.25. The molecule has 0 N–H and O–H groups in total. The summed E-state index contributed by atoms with van der Waals surface area (Å²) in [4.78, 5) is 4.85. The van der Waals surface area contributed by atoms with Crippen LogP contribution in [-0.4, -0.2) is 32.3 Å². The van der Waals surface area contributed by atoms with E-state index in [0.29, 0.717) is 0 Å². The summed E-state index contributed by atoms with van der Waals surface area (Å²) in [5.74, 6) is 0. The summed E-state index contributed by atoms with van der Waals surface area (Å²) in [5, 5.41) is 5.91. The lowest BCUT2D eigenvalue weighted by atomic mass is 9.81. The molecular weight excluding hydrogens is 849 g/mol. The highest BCUT2D eigenvalue weighted by molar-refractivity contribution is 6.90. The molecule has 0 radical (unpaired) electrons. The molecule has 0 saturated carbocycles. The number of hydrogen-bond donors (Lipinski definition) is 0. The standard InChI is InChI=1S/C59H70N2Si4/c1-59(2)57-41-44(16-15-43-17-20-45(21-18-43)60(46-22-31-51(32-23-46)62(3,4)5)47-24-33-52(34-25-47)63(6,7)8)19-39-55(57)56-40-30-50(42-58(56)59)61(48-26-35-53(36-27-48)64(9,10)11)49-28-37-54(38-29-49)65(12,13)14/h15-42H,1-14H3/b16-15+. The lowest BCUT2D eigenvalue weighted by Crippen LogP contribution is -2.37. The second-order valence-corrected chi connectivity index (χ2v) is 43.3. The average molecular weight is 920 g/mol. The minimum absolute atomic E-state index is 0.161. The van der Waals surface area contributed by atoms with Crippen LogP contribution in [0.4, 0.5) is 34.1 Å². The van der Waals surface area contributed by atoms with E-state index in [1.807, 2.05) is 0 Å². The first kappa shape index (κ1) is 46.3. The second-order valence-electron chi connectivity index (χ2n) is 22.9. The largest absolute Gasteiger partial charge is 0.311 e. The van der Waals surface area contributed by atoms with Crippen LogP contribution in [0, 0.1) is 0 Å². The molecule has 332 valence electrons. The highest BCUT2D eigenvalue weighted by Crippen LogP contribution is 2.51. The van der Waals surface area contributed by atoms with Gasteiger partial charge in [0.15, 0.2) is 0 Å². The van der Waals surface area contributed by atoms with Crippen LogP contribution in [0.5, 0.6) is 0 Å². The summed E-state index contributed by atoms with van der Waals surface area (Å²) in [5.41, 5.74) is 14.8. The van der Waals surface area contributed by atoms with E-state index < -0.39 is 32.3 Å². The molecule has 0 fully saturated rings. The van der Waals surface area contributed by atoms with Gasteiger partial charge in [-0.3, -0.25) is 0 Å². The fourth-order valence-corrected chi connectivity index (χ4v) is 13.9. The third-order valence-electron chi connectivity index (χ3n) is 13.5. The van der Waals surface area contributed by atoms with Crippen molar-refractivity contribution in [3.8, 4) is 11.1 Å². The predicted octanol–water partition coefficient (Wildman–Crippen LogP) is 15.3. The normalized spacial score (nSPS) is 13.8. The quantitative estimate of drug-likeness (QED) is 0.0890. The minimum Gasteiger partial charge on any atom is -0.311 e. The van der Waals surface area contributed by atoms with Gasteiger partial charge in [0.1, 0.15) is 0 Å². The molecule has 1 aliphatic rings. The Labute approximate surface area is 395 Å². The summed E-state index contributed by atoms with van der Waals surface area (Å²) in [7, 11) is -5.71. The van der Waals surface area contributed by atoms with Crippen molar-refractivity contribution in [3.05, 3.63) is 180 Å².